The van der Waals surface area contributed by atoms with Gasteiger partial charge in [-0.05, 0) is 29.7 Å². The van der Waals surface area contributed by atoms with Gasteiger partial charge in [0.05, 0.1) is 6.61 Å². The zero-order chi connectivity index (χ0) is 9.97. The van der Waals surface area contributed by atoms with Crippen LogP contribution in [0, 0.1) is 5.82 Å². The van der Waals surface area contributed by atoms with Crippen molar-refractivity contribution in [2.75, 3.05) is 19.7 Å². The summed E-state index contributed by atoms with van der Waals surface area (Å²) in [7, 11) is 0. The number of aliphatic hydroxyl groups is 1. The molecule has 0 saturated heterocycles. The lowest BCUT2D eigenvalue weighted by Crippen LogP contribution is -2.32. The molecule has 2 rings (SSSR count). The van der Waals surface area contributed by atoms with Gasteiger partial charge in [-0.15, -0.1) is 0 Å². The fraction of sp³-hybridized carbons (Fsp3) is 0.455. The van der Waals surface area contributed by atoms with Gasteiger partial charge in [-0.25, -0.2) is 4.39 Å². The lowest BCUT2D eigenvalue weighted by molar-refractivity contribution is 0.184. The van der Waals surface area contributed by atoms with Crippen molar-refractivity contribution < 1.29 is 9.50 Å². The highest BCUT2D eigenvalue weighted by atomic mass is 19.1. The molecule has 1 heterocycles. The van der Waals surface area contributed by atoms with Gasteiger partial charge in [0.25, 0.3) is 0 Å². The molecule has 0 unspecified atom stereocenters. The molecule has 0 fully saturated rings. The molecule has 0 bridgehead atoms. The average molecular weight is 195 g/mol. The van der Waals surface area contributed by atoms with Gasteiger partial charge >= 0.3 is 0 Å². The molecule has 2 nitrogen and oxygen atoms in total. The van der Waals surface area contributed by atoms with E-state index in [2.05, 4.69) is 4.90 Å². The molecule has 76 valence electrons. The topological polar surface area (TPSA) is 23.5 Å². The third-order valence-corrected chi connectivity index (χ3v) is 2.68. The number of fused-ring (bicyclic) bond motifs is 1. The van der Waals surface area contributed by atoms with Gasteiger partial charge in [-0.3, -0.25) is 4.90 Å². The van der Waals surface area contributed by atoms with Crippen molar-refractivity contribution in [2.24, 2.45) is 0 Å². The Hall–Kier alpha value is -0.930. The van der Waals surface area contributed by atoms with Crippen LogP contribution in [0.2, 0.25) is 0 Å². The van der Waals surface area contributed by atoms with Crippen molar-refractivity contribution in [3.8, 4) is 0 Å². The lowest BCUT2D eigenvalue weighted by atomic mass is 10.00. The van der Waals surface area contributed by atoms with E-state index in [0.717, 1.165) is 25.1 Å². The van der Waals surface area contributed by atoms with Gasteiger partial charge in [0, 0.05) is 19.6 Å². The largest absolute Gasteiger partial charge is 0.395 e. The first-order valence-electron chi connectivity index (χ1n) is 4.90. The molecular formula is C11H14FNO. The fourth-order valence-corrected chi connectivity index (χ4v) is 1.92. The van der Waals surface area contributed by atoms with Crippen molar-refractivity contribution in [2.45, 2.75) is 13.0 Å². The molecule has 1 aromatic carbocycles. The monoisotopic (exact) mass is 195 g/mol. The van der Waals surface area contributed by atoms with Gasteiger partial charge < -0.3 is 5.11 Å². The second-order valence-corrected chi connectivity index (χ2v) is 3.66. The second kappa shape index (κ2) is 4.07. The van der Waals surface area contributed by atoms with E-state index in [1.165, 1.54) is 11.6 Å². The van der Waals surface area contributed by atoms with Crippen LogP contribution in [-0.2, 0) is 13.0 Å². The molecule has 0 aliphatic carbocycles. The molecular weight excluding hydrogens is 181 g/mol. The molecule has 0 atom stereocenters. The Morgan fingerprint density at radius 1 is 1.36 bits per heavy atom. The molecule has 0 saturated carbocycles. The van der Waals surface area contributed by atoms with E-state index in [0.29, 0.717) is 6.54 Å². The van der Waals surface area contributed by atoms with E-state index in [-0.39, 0.29) is 12.4 Å². The number of halogens is 1. The van der Waals surface area contributed by atoms with Crippen molar-refractivity contribution in [1.29, 1.82) is 0 Å². The normalized spacial score (nSPS) is 16.7. The Kier molecular flexibility index (Phi) is 2.79. The van der Waals surface area contributed by atoms with Crippen LogP contribution in [0.1, 0.15) is 11.1 Å². The Morgan fingerprint density at radius 2 is 2.21 bits per heavy atom. The Labute approximate surface area is 83.0 Å². The van der Waals surface area contributed by atoms with Crippen LogP contribution in [0.4, 0.5) is 4.39 Å². The zero-order valence-corrected chi connectivity index (χ0v) is 8.04. The predicted molar refractivity (Wildman–Crippen MR) is 52.5 cm³/mol. The van der Waals surface area contributed by atoms with Gasteiger partial charge in [-0.1, -0.05) is 6.07 Å². The summed E-state index contributed by atoms with van der Waals surface area (Å²) in [5.41, 5.74) is 2.30. The Morgan fingerprint density at radius 3 is 3.00 bits per heavy atom. The zero-order valence-electron chi connectivity index (χ0n) is 8.04. The highest BCUT2D eigenvalue weighted by Gasteiger charge is 2.15. The minimum Gasteiger partial charge on any atom is -0.395 e. The highest BCUT2D eigenvalue weighted by Crippen LogP contribution is 2.19. The maximum atomic E-state index is 12.9. The molecule has 3 heteroatoms. The van der Waals surface area contributed by atoms with Gasteiger partial charge in [0.2, 0.25) is 0 Å². The average Bonchev–Trinajstić information content (AvgIpc) is 2.17. The van der Waals surface area contributed by atoms with Crippen molar-refractivity contribution in [3.05, 3.63) is 35.1 Å². The number of rotatable bonds is 2. The minimum atomic E-state index is -0.172. The third-order valence-electron chi connectivity index (χ3n) is 2.68. The summed E-state index contributed by atoms with van der Waals surface area (Å²) in [6.07, 6.45) is 0.954. The predicted octanol–water partition coefficient (Wildman–Crippen LogP) is 1.18. The van der Waals surface area contributed by atoms with Crippen LogP contribution in [0.15, 0.2) is 18.2 Å². The first kappa shape index (κ1) is 9.62. The van der Waals surface area contributed by atoms with Crippen LogP contribution < -0.4 is 0 Å². The number of hydrogen-bond donors (Lipinski definition) is 1. The quantitative estimate of drug-likeness (QED) is 0.766. The van der Waals surface area contributed by atoms with E-state index < -0.39 is 0 Å². The SMILES string of the molecule is OCCN1CCc2ccc(F)cc2C1. The summed E-state index contributed by atoms with van der Waals surface area (Å²) >= 11 is 0. The number of β-amino-alcohol motifs (C(OH)–C–C–N with tert-alkyl or cyclic N) is 1. The van der Waals surface area contributed by atoms with Crippen LogP contribution >= 0.6 is 0 Å². The summed E-state index contributed by atoms with van der Waals surface area (Å²) in [6.45, 7) is 2.56. The van der Waals surface area contributed by atoms with E-state index in [9.17, 15) is 4.39 Å². The van der Waals surface area contributed by atoms with Crippen molar-refractivity contribution in [1.82, 2.24) is 4.90 Å². The smallest absolute Gasteiger partial charge is 0.123 e. The maximum Gasteiger partial charge on any atom is 0.123 e. The van der Waals surface area contributed by atoms with E-state index >= 15 is 0 Å². The Bertz CT molecular complexity index is 327. The van der Waals surface area contributed by atoms with Gasteiger partial charge in [0.15, 0.2) is 0 Å². The molecule has 1 N–H and O–H groups in total. The molecule has 0 amide bonds. The third kappa shape index (κ3) is 1.94. The maximum absolute atomic E-state index is 12.9. The highest BCUT2D eigenvalue weighted by molar-refractivity contribution is 5.29. The molecule has 0 spiro atoms. The minimum absolute atomic E-state index is 0.171. The number of benzene rings is 1. The van der Waals surface area contributed by atoms with E-state index in [4.69, 9.17) is 5.11 Å². The Balaban J connectivity index is 2.16. The van der Waals surface area contributed by atoms with Gasteiger partial charge in [0.1, 0.15) is 5.82 Å². The summed E-state index contributed by atoms with van der Waals surface area (Å²) in [5.74, 6) is -0.172. The van der Waals surface area contributed by atoms with E-state index in [1.54, 1.807) is 6.07 Å². The summed E-state index contributed by atoms with van der Waals surface area (Å²) in [5, 5.41) is 8.81. The van der Waals surface area contributed by atoms with Crippen LogP contribution in [0.25, 0.3) is 0 Å². The second-order valence-electron chi connectivity index (χ2n) is 3.66. The van der Waals surface area contributed by atoms with Gasteiger partial charge in [-0.2, -0.15) is 0 Å². The lowest BCUT2D eigenvalue weighted by Gasteiger charge is -2.27. The number of hydrogen-bond acceptors (Lipinski definition) is 2. The van der Waals surface area contributed by atoms with Crippen LogP contribution in [0.5, 0.6) is 0 Å². The number of nitrogens with zero attached hydrogens (tertiary/aromatic N) is 1. The summed E-state index contributed by atoms with van der Waals surface area (Å²) in [4.78, 5) is 2.14. The van der Waals surface area contributed by atoms with Crippen LogP contribution in [-0.4, -0.2) is 29.7 Å². The molecule has 0 aromatic heterocycles. The van der Waals surface area contributed by atoms with Crippen molar-refractivity contribution >= 4 is 0 Å². The summed E-state index contributed by atoms with van der Waals surface area (Å²) < 4.78 is 12.9. The van der Waals surface area contributed by atoms with Crippen molar-refractivity contribution in [3.63, 3.8) is 0 Å². The number of aliphatic hydroxyl groups excluding tert-OH is 1. The summed E-state index contributed by atoms with van der Waals surface area (Å²) in [6, 6.07) is 4.97. The first-order valence-corrected chi connectivity index (χ1v) is 4.90. The van der Waals surface area contributed by atoms with Crippen LogP contribution in [0.3, 0.4) is 0 Å². The standard InChI is InChI=1S/C11H14FNO/c12-11-2-1-9-3-4-13(5-6-14)8-10(9)7-11/h1-2,7,14H,3-6,8H2. The molecule has 14 heavy (non-hydrogen) atoms. The molecule has 1 aliphatic heterocycles. The van der Waals surface area contributed by atoms with E-state index in [1.807, 2.05) is 6.07 Å². The molecule has 1 aliphatic rings. The molecule has 1 aromatic rings. The fourth-order valence-electron chi connectivity index (χ4n) is 1.92. The molecule has 0 radical (unpaired) electrons. The first-order chi connectivity index (χ1) is 6.79.